The standard InChI is InChI=1S/C14H12FNO4S/c1-9-7-11(3-4-12(9)20-21-15)16-6-5-10(8-13(16)17)14(18)19-2/h3-8H,1-2H3. The predicted octanol–water partition coefficient (Wildman–Crippen LogP) is 2.84. The van der Waals surface area contributed by atoms with E-state index in [4.69, 9.17) is 4.18 Å². The minimum absolute atomic E-state index is 0.184. The van der Waals surface area contributed by atoms with E-state index in [1.807, 2.05) is 0 Å². The van der Waals surface area contributed by atoms with Gasteiger partial charge in [-0.1, -0.05) is 0 Å². The minimum Gasteiger partial charge on any atom is -0.465 e. The lowest BCUT2D eigenvalue weighted by atomic mass is 10.2. The van der Waals surface area contributed by atoms with Gasteiger partial charge in [0.1, 0.15) is 5.75 Å². The molecule has 0 aliphatic heterocycles. The zero-order valence-electron chi connectivity index (χ0n) is 11.3. The quantitative estimate of drug-likeness (QED) is 0.642. The molecule has 5 nitrogen and oxygen atoms in total. The first-order valence-corrected chi connectivity index (χ1v) is 6.58. The Kier molecular flexibility index (Phi) is 4.64. The van der Waals surface area contributed by atoms with Crippen LogP contribution in [-0.4, -0.2) is 17.6 Å². The number of hydrogen-bond acceptors (Lipinski definition) is 5. The zero-order chi connectivity index (χ0) is 15.4. The highest BCUT2D eigenvalue weighted by molar-refractivity contribution is 7.89. The number of rotatable bonds is 4. The third-order valence-electron chi connectivity index (χ3n) is 2.90. The van der Waals surface area contributed by atoms with E-state index in [9.17, 15) is 13.5 Å². The van der Waals surface area contributed by atoms with Gasteiger partial charge >= 0.3 is 5.97 Å². The largest absolute Gasteiger partial charge is 0.465 e. The Balaban J connectivity index is 2.41. The SMILES string of the molecule is COC(=O)c1ccn(-c2ccc(OSF)c(C)c2)c(=O)c1. The van der Waals surface area contributed by atoms with Gasteiger partial charge in [-0.3, -0.25) is 9.36 Å². The van der Waals surface area contributed by atoms with Gasteiger partial charge in [-0.2, -0.15) is 0 Å². The number of halogens is 1. The van der Waals surface area contributed by atoms with Crippen molar-refractivity contribution < 1.29 is 17.6 Å². The highest BCUT2D eigenvalue weighted by Crippen LogP contribution is 2.24. The van der Waals surface area contributed by atoms with Crippen LogP contribution in [-0.2, 0) is 4.74 Å². The molecule has 0 N–H and O–H groups in total. The molecule has 0 fully saturated rings. The molecule has 0 aliphatic rings. The number of aromatic nitrogens is 1. The van der Waals surface area contributed by atoms with E-state index in [1.54, 1.807) is 25.1 Å². The van der Waals surface area contributed by atoms with Gasteiger partial charge in [0.2, 0.25) is 0 Å². The summed E-state index contributed by atoms with van der Waals surface area (Å²) in [6.45, 7) is 1.74. The maximum absolute atomic E-state index is 12.1. The summed E-state index contributed by atoms with van der Waals surface area (Å²) in [6.07, 6.45) is 1.48. The Morgan fingerprint density at radius 2 is 2.05 bits per heavy atom. The van der Waals surface area contributed by atoms with Crippen LogP contribution in [0.5, 0.6) is 5.75 Å². The van der Waals surface area contributed by atoms with E-state index in [0.29, 0.717) is 17.0 Å². The van der Waals surface area contributed by atoms with E-state index >= 15 is 0 Å². The zero-order valence-corrected chi connectivity index (χ0v) is 12.1. The van der Waals surface area contributed by atoms with Crippen LogP contribution in [0, 0.1) is 6.92 Å². The third kappa shape index (κ3) is 3.25. The topological polar surface area (TPSA) is 57.5 Å². The van der Waals surface area contributed by atoms with Crippen LogP contribution in [0.3, 0.4) is 0 Å². The number of hydrogen-bond donors (Lipinski definition) is 0. The molecule has 0 bridgehead atoms. The number of nitrogens with zero attached hydrogens (tertiary/aromatic N) is 1. The van der Waals surface area contributed by atoms with Gasteiger partial charge in [-0.25, -0.2) is 4.79 Å². The number of ether oxygens (including phenoxy) is 1. The summed E-state index contributed by atoms with van der Waals surface area (Å²) in [5.41, 5.74) is 1.09. The second kappa shape index (κ2) is 6.45. The van der Waals surface area contributed by atoms with Crippen molar-refractivity contribution in [3.8, 4) is 11.4 Å². The molecule has 1 aromatic carbocycles. The average molecular weight is 309 g/mol. The van der Waals surface area contributed by atoms with E-state index in [0.717, 1.165) is 0 Å². The number of aryl methyl sites for hydroxylation is 1. The Bertz CT molecular complexity index is 729. The Morgan fingerprint density at radius 3 is 2.62 bits per heavy atom. The molecule has 0 amide bonds. The summed E-state index contributed by atoms with van der Waals surface area (Å²) < 4.78 is 22.7. The first-order chi connectivity index (χ1) is 10.1. The first kappa shape index (κ1) is 15.1. The smallest absolute Gasteiger partial charge is 0.338 e. The third-order valence-corrected chi connectivity index (χ3v) is 3.14. The Labute approximate surface area is 124 Å². The van der Waals surface area contributed by atoms with Crippen molar-refractivity contribution in [2.45, 2.75) is 6.92 Å². The summed E-state index contributed by atoms with van der Waals surface area (Å²) in [5.74, 6) is -0.190. The summed E-state index contributed by atoms with van der Waals surface area (Å²) in [5, 5.41) is 0. The molecule has 0 atom stereocenters. The van der Waals surface area contributed by atoms with Crippen LogP contribution < -0.4 is 9.74 Å². The van der Waals surface area contributed by atoms with Crippen LogP contribution in [0.15, 0.2) is 41.3 Å². The second-order valence-corrected chi connectivity index (χ2v) is 4.50. The molecule has 1 heterocycles. The molecule has 0 saturated carbocycles. The molecule has 21 heavy (non-hydrogen) atoms. The molecule has 2 aromatic rings. The van der Waals surface area contributed by atoms with E-state index < -0.39 is 5.97 Å². The molecule has 7 heteroatoms. The Morgan fingerprint density at radius 1 is 1.29 bits per heavy atom. The van der Waals surface area contributed by atoms with Crippen molar-refractivity contribution in [2.75, 3.05) is 7.11 Å². The lowest BCUT2D eigenvalue weighted by Crippen LogP contribution is -2.19. The van der Waals surface area contributed by atoms with Crippen molar-refractivity contribution in [1.82, 2.24) is 4.57 Å². The molecule has 0 spiro atoms. The highest BCUT2D eigenvalue weighted by atomic mass is 32.2. The molecule has 0 unspecified atom stereocenters. The molecule has 0 saturated heterocycles. The van der Waals surface area contributed by atoms with Gasteiger partial charge in [0.05, 0.1) is 12.7 Å². The maximum atomic E-state index is 12.1. The number of carbonyl (C=O) groups is 1. The maximum Gasteiger partial charge on any atom is 0.338 e. The predicted molar refractivity (Wildman–Crippen MR) is 77.4 cm³/mol. The van der Waals surface area contributed by atoms with Gasteiger partial charge in [0.15, 0.2) is 0 Å². The average Bonchev–Trinajstić information content (AvgIpc) is 2.48. The molecule has 0 aliphatic carbocycles. The van der Waals surface area contributed by atoms with E-state index in [1.165, 1.54) is 30.0 Å². The summed E-state index contributed by atoms with van der Waals surface area (Å²) in [7, 11) is 1.25. The van der Waals surface area contributed by atoms with Crippen molar-refractivity contribution in [3.05, 3.63) is 58.0 Å². The van der Waals surface area contributed by atoms with Gasteiger partial charge in [0.25, 0.3) is 18.0 Å². The fraction of sp³-hybridized carbons (Fsp3) is 0.143. The van der Waals surface area contributed by atoms with Crippen molar-refractivity contribution in [1.29, 1.82) is 0 Å². The van der Waals surface area contributed by atoms with Crippen LogP contribution in [0.2, 0.25) is 0 Å². The second-order valence-electron chi connectivity index (χ2n) is 4.21. The van der Waals surface area contributed by atoms with Crippen LogP contribution >= 0.6 is 12.4 Å². The highest BCUT2D eigenvalue weighted by Gasteiger charge is 2.09. The molecule has 110 valence electrons. The normalized spacial score (nSPS) is 10.2. The fourth-order valence-electron chi connectivity index (χ4n) is 1.85. The lowest BCUT2D eigenvalue weighted by Gasteiger charge is -2.09. The molecule has 1 aromatic heterocycles. The van der Waals surface area contributed by atoms with Gasteiger partial charge in [-0.15, -0.1) is 3.89 Å². The summed E-state index contributed by atoms with van der Waals surface area (Å²) in [6, 6.07) is 7.56. The van der Waals surface area contributed by atoms with Crippen LogP contribution in [0.1, 0.15) is 15.9 Å². The van der Waals surface area contributed by atoms with Crippen molar-refractivity contribution in [2.24, 2.45) is 0 Å². The lowest BCUT2D eigenvalue weighted by molar-refractivity contribution is 0.0600. The van der Waals surface area contributed by atoms with Gasteiger partial charge in [-0.05, 0) is 36.8 Å². The monoisotopic (exact) mass is 309 g/mol. The van der Waals surface area contributed by atoms with Gasteiger partial charge < -0.3 is 8.92 Å². The van der Waals surface area contributed by atoms with Crippen molar-refractivity contribution in [3.63, 3.8) is 0 Å². The minimum atomic E-state index is -0.570. The Hall–Kier alpha value is -2.28. The molecular weight excluding hydrogens is 297 g/mol. The summed E-state index contributed by atoms with van der Waals surface area (Å²) >= 11 is -0.239. The van der Waals surface area contributed by atoms with E-state index in [2.05, 4.69) is 4.74 Å². The van der Waals surface area contributed by atoms with Crippen LogP contribution in [0.25, 0.3) is 5.69 Å². The fourth-order valence-corrected chi connectivity index (χ4v) is 2.10. The van der Waals surface area contributed by atoms with E-state index in [-0.39, 0.29) is 23.6 Å². The van der Waals surface area contributed by atoms with Crippen molar-refractivity contribution >= 4 is 18.4 Å². The first-order valence-electron chi connectivity index (χ1n) is 5.94. The number of pyridine rings is 1. The molecule has 2 rings (SSSR count). The number of methoxy groups -OCH3 is 1. The van der Waals surface area contributed by atoms with Gasteiger partial charge in [0, 0.05) is 18.0 Å². The number of carbonyl (C=O) groups excluding carboxylic acids is 1. The number of esters is 1. The van der Waals surface area contributed by atoms with Crippen LogP contribution in [0.4, 0.5) is 3.89 Å². The molecular formula is C14H12FNO4S. The summed E-state index contributed by atoms with van der Waals surface area (Å²) in [4.78, 5) is 23.4. The number of benzene rings is 1. The molecule has 0 radical (unpaired) electrons.